The van der Waals surface area contributed by atoms with Crippen LogP contribution in [0.5, 0.6) is 0 Å². The van der Waals surface area contributed by atoms with E-state index in [1.165, 1.54) is 0 Å². The maximum atomic E-state index is 4.13. The Morgan fingerprint density at radius 1 is 1.50 bits per heavy atom. The van der Waals surface area contributed by atoms with Crippen molar-refractivity contribution in [1.82, 2.24) is 15.5 Å². The van der Waals surface area contributed by atoms with E-state index in [-0.39, 0.29) is 0 Å². The summed E-state index contributed by atoms with van der Waals surface area (Å²) in [6.45, 7) is 0.781. The Hall–Kier alpha value is -0.300. The average Bonchev–Trinajstić information content (AvgIpc) is 2.74. The van der Waals surface area contributed by atoms with E-state index in [2.05, 4.69) is 42.9 Å². The molecule has 0 amide bonds. The number of hydrogen-bond acceptors (Lipinski definition) is 5. The van der Waals surface area contributed by atoms with Crippen LogP contribution in [0, 0.1) is 0 Å². The van der Waals surface area contributed by atoms with Crippen molar-refractivity contribution in [2.75, 3.05) is 7.05 Å². The van der Waals surface area contributed by atoms with Gasteiger partial charge in [-0.05, 0) is 29.0 Å². The molecule has 0 fully saturated rings. The Kier molecular flexibility index (Phi) is 3.27. The van der Waals surface area contributed by atoms with Gasteiger partial charge in [-0.1, -0.05) is 11.3 Å². The van der Waals surface area contributed by atoms with E-state index >= 15 is 0 Å². The Labute approximate surface area is 98.3 Å². The fourth-order valence-corrected chi connectivity index (χ4v) is 3.07. The van der Waals surface area contributed by atoms with E-state index in [4.69, 9.17) is 0 Å². The molecule has 0 atom stereocenters. The van der Waals surface area contributed by atoms with E-state index < -0.39 is 0 Å². The summed E-state index contributed by atoms with van der Waals surface area (Å²) in [4.78, 5) is 0. The molecule has 6 heteroatoms. The minimum absolute atomic E-state index is 0.781. The van der Waals surface area contributed by atoms with E-state index in [1.54, 1.807) is 22.7 Å². The van der Waals surface area contributed by atoms with Gasteiger partial charge in [0.25, 0.3) is 0 Å². The van der Waals surface area contributed by atoms with Gasteiger partial charge in [0.05, 0.1) is 3.79 Å². The first-order valence-corrected chi connectivity index (χ1v) is 6.50. The number of nitrogens with one attached hydrogen (secondary N) is 1. The molecule has 0 bridgehead atoms. The Bertz CT molecular complexity index is 424. The Morgan fingerprint density at radius 2 is 2.36 bits per heavy atom. The van der Waals surface area contributed by atoms with Crippen molar-refractivity contribution in [2.45, 2.75) is 6.54 Å². The van der Waals surface area contributed by atoms with Crippen LogP contribution in [0.25, 0.3) is 10.6 Å². The lowest BCUT2D eigenvalue weighted by Crippen LogP contribution is -2.04. The van der Waals surface area contributed by atoms with Crippen molar-refractivity contribution in [3.05, 3.63) is 20.2 Å². The highest BCUT2D eigenvalue weighted by atomic mass is 79.9. The highest BCUT2D eigenvalue weighted by Gasteiger charge is 2.07. The summed E-state index contributed by atoms with van der Waals surface area (Å²) >= 11 is 6.72. The molecule has 2 aromatic rings. The van der Waals surface area contributed by atoms with E-state index in [0.29, 0.717) is 0 Å². The Morgan fingerprint density at radius 3 is 3.00 bits per heavy atom. The average molecular weight is 290 g/mol. The lowest BCUT2D eigenvalue weighted by atomic mass is 10.4. The van der Waals surface area contributed by atoms with Crippen LogP contribution in [-0.4, -0.2) is 17.2 Å². The molecule has 0 aromatic carbocycles. The van der Waals surface area contributed by atoms with Crippen molar-refractivity contribution in [3.63, 3.8) is 0 Å². The molecule has 2 aromatic heterocycles. The fraction of sp³-hybridized carbons (Fsp3) is 0.250. The van der Waals surface area contributed by atoms with Crippen LogP contribution in [0.1, 0.15) is 5.01 Å². The zero-order chi connectivity index (χ0) is 9.97. The SMILES string of the molecule is CNCc1nnc(-c2csc(Br)c2)s1. The van der Waals surface area contributed by atoms with Crippen molar-refractivity contribution >= 4 is 38.6 Å². The standard InChI is InChI=1S/C8H8BrN3S2/c1-10-3-7-11-12-8(14-7)5-2-6(9)13-4-5/h2,4,10H,3H2,1H3. The second-order valence-electron chi connectivity index (χ2n) is 2.67. The number of halogens is 1. The lowest BCUT2D eigenvalue weighted by molar-refractivity contribution is 0.795. The molecule has 1 N–H and O–H groups in total. The molecule has 0 spiro atoms. The van der Waals surface area contributed by atoms with E-state index in [1.807, 2.05) is 7.05 Å². The monoisotopic (exact) mass is 289 g/mol. The molecule has 0 saturated heterocycles. The van der Waals surface area contributed by atoms with Gasteiger partial charge in [0.15, 0.2) is 0 Å². The molecule has 3 nitrogen and oxygen atoms in total. The summed E-state index contributed by atoms with van der Waals surface area (Å²) in [5.41, 5.74) is 1.14. The van der Waals surface area contributed by atoms with Crippen LogP contribution in [0.3, 0.4) is 0 Å². The predicted octanol–water partition coefficient (Wildman–Crippen LogP) is 2.75. The minimum Gasteiger partial charge on any atom is -0.313 e. The summed E-state index contributed by atoms with van der Waals surface area (Å²) in [6.07, 6.45) is 0. The number of rotatable bonds is 3. The molecule has 2 heterocycles. The first kappa shape index (κ1) is 10.2. The van der Waals surface area contributed by atoms with Crippen LogP contribution < -0.4 is 5.32 Å². The predicted molar refractivity (Wildman–Crippen MR) is 63.7 cm³/mol. The summed E-state index contributed by atoms with van der Waals surface area (Å²) in [5, 5.41) is 15.4. The molecule has 0 aliphatic carbocycles. The van der Waals surface area contributed by atoms with Gasteiger partial charge >= 0.3 is 0 Å². The molecule has 0 unspecified atom stereocenters. The van der Waals surface area contributed by atoms with Crippen molar-refractivity contribution in [3.8, 4) is 10.6 Å². The molecule has 0 radical (unpaired) electrons. The molecule has 0 aliphatic heterocycles. The first-order valence-electron chi connectivity index (χ1n) is 4.01. The molecule has 2 rings (SSSR count). The maximum absolute atomic E-state index is 4.13. The van der Waals surface area contributed by atoms with Crippen molar-refractivity contribution in [2.24, 2.45) is 0 Å². The zero-order valence-corrected chi connectivity index (χ0v) is 10.7. The van der Waals surface area contributed by atoms with E-state index in [0.717, 1.165) is 25.9 Å². The molecule has 0 saturated carbocycles. The maximum Gasteiger partial charge on any atom is 0.148 e. The number of thiophene rings is 1. The van der Waals surface area contributed by atoms with Gasteiger partial charge in [0, 0.05) is 17.5 Å². The Balaban J connectivity index is 2.24. The topological polar surface area (TPSA) is 37.8 Å². The van der Waals surface area contributed by atoms with Crippen LogP contribution in [-0.2, 0) is 6.54 Å². The third kappa shape index (κ3) is 2.20. The first-order chi connectivity index (χ1) is 6.79. The fourth-order valence-electron chi connectivity index (χ4n) is 1.02. The van der Waals surface area contributed by atoms with Crippen LogP contribution in [0.4, 0.5) is 0 Å². The highest BCUT2D eigenvalue weighted by Crippen LogP contribution is 2.30. The second kappa shape index (κ2) is 4.48. The summed E-state index contributed by atoms with van der Waals surface area (Å²) in [5.74, 6) is 0. The van der Waals surface area contributed by atoms with Gasteiger partial charge in [-0.3, -0.25) is 0 Å². The molecular weight excluding hydrogens is 282 g/mol. The minimum atomic E-state index is 0.781. The van der Waals surface area contributed by atoms with Crippen molar-refractivity contribution in [1.29, 1.82) is 0 Å². The van der Waals surface area contributed by atoms with Gasteiger partial charge in [0.1, 0.15) is 10.0 Å². The van der Waals surface area contributed by atoms with Gasteiger partial charge in [-0.15, -0.1) is 21.5 Å². The third-order valence-electron chi connectivity index (χ3n) is 1.61. The molecule has 14 heavy (non-hydrogen) atoms. The van der Waals surface area contributed by atoms with Gasteiger partial charge in [-0.25, -0.2) is 0 Å². The van der Waals surface area contributed by atoms with Crippen LogP contribution in [0.15, 0.2) is 15.2 Å². The van der Waals surface area contributed by atoms with Gasteiger partial charge in [0.2, 0.25) is 0 Å². The zero-order valence-electron chi connectivity index (χ0n) is 7.45. The lowest BCUT2D eigenvalue weighted by Gasteiger charge is -1.88. The summed E-state index contributed by atoms with van der Waals surface area (Å²) in [6, 6.07) is 2.06. The summed E-state index contributed by atoms with van der Waals surface area (Å²) < 4.78 is 1.12. The third-order valence-corrected chi connectivity index (χ3v) is 4.09. The smallest absolute Gasteiger partial charge is 0.148 e. The molecule has 74 valence electrons. The molecule has 0 aliphatic rings. The second-order valence-corrected chi connectivity index (χ2v) is 6.02. The number of aromatic nitrogens is 2. The molecular formula is C8H8BrN3S2. The summed E-state index contributed by atoms with van der Waals surface area (Å²) in [7, 11) is 1.91. The van der Waals surface area contributed by atoms with Crippen LogP contribution >= 0.6 is 38.6 Å². The number of hydrogen-bond donors (Lipinski definition) is 1. The highest BCUT2D eigenvalue weighted by molar-refractivity contribution is 9.11. The largest absolute Gasteiger partial charge is 0.313 e. The normalized spacial score (nSPS) is 10.7. The van der Waals surface area contributed by atoms with Gasteiger partial charge in [-0.2, -0.15) is 0 Å². The quantitative estimate of drug-likeness (QED) is 0.944. The van der Waals surface area contributed by atoms with Crippen LogP contribution in [0.2, 0.25) is 0 Å². The van der Waals surface area contributed by atoms with E-state index in [9.17, 15) is 0 Å². The van der Waals surface area contributed by atoms with Crippen molar-refractivity contribution < 1.29 is 0 Å². The number of nitrogens with zero attached hydrogens (tertiary/aromatic N) is 2. The van der Waals surface area contributed by atoms with Gasteiger partial charge < -0.3 is 5.32 Å².